The van der Waals surface area contributed by atoms with E-state index < -0.39 is 0 Å². The van der Waals surface area contributed by atoms with E-state index in [-0.39, 0.29) is 11.8 Å². The fourth-order valence-electron chi connectivity index (χ4n) is 3.66. The maximum Gasteiger partial charge on any atom is 0.255 e. The summed E-state index contributed by atoms with van der Waals surface area (Å²) < 4.78 is 5.46. The number of hydrogen-bond donors (Lipinski definition) is 2. The van der Waals surface area contributed by atoms with Gasteiger partial charge in [-0.05, 0) is 48.7 Å². The highest BCUT2D eigenvalue weighted by Crippen LogP contribution is 2.14. The van der Waals surface area contributed by atoms with E-state index in [9.17, 15) is 9.59 Å². The average Bonchev–Trinajstić information content (AvgIpc) is 2.78. The summed E-state index contributed by atoms with van der Waals surface area (Å²) in [6.07, 6.45) is 1.03. The molecule has 2 aromatic rings. The SMILES string of the molecule is CC(C)CC(CNC(=O)c1ccc(NC(=O)c2ccccc2)cc1)N1CCOCC1. The van der Waals surface area contributed by atoms with Crippen molar-refractivity contribution in [3.05, 3.63) is 65.7 Å². The number of anilines is 1. The van der Waals surface area contributed by atoms with Crippen LogP contribution in [0.5, 0.6) is 0 Å². The van der Waals surface area contributed by atoms with Gasteiger partial charge in [-0.3, -0.25) is 14.5 Å². The molecule has 1 unspecified atom stereocenters. The first-order chi connectivity index (χ1) is 14.5. The van der Waals surface area contributed by atoms with Gasteiger partial charge >= 0.3 is 0 Å². The first-order valence-electron chi connectivity index (χ1n) is 10.6. The lowest BCUT2D eigenvalue weighted by Gasteiger charge is -2.35. The minimum atomic E-state index is -0.171. The molecule has 2 aromatic carbocycles. The highest BCUT2D eigenvalue weighted by molar-refractivity contribution is 6.04. The van der Waals surface area contributed by atoms with Crippen LogP contribution in [0.1, 0.15) is 41.0 Å². The quantitative estimate of drug-likeness (QED) is 0.701. The fraction of sp³-hybridized carbons (Fsp3) is 0.417. The van der Waals surface area contributed by atoms with Crippen molar-refractivity contribution >= 4 is 17.5 Å². The van der Waals surface area contributed by atoms with Gasteiger partial charge in [0.1, 0.15) is 0 Å². The molecule has 6 nitrogen and oxygen atoms in total. The number of nitrogens with zero attached hydrogens (tertiary/aromatic N) is 1. The van der Waals surface area contributed by atoms with Crippen LogP contribution in [0.25, 0.3) is 0 Å². The number of ether oxygens (including phenoxy) is 1. The Labute approximate surface area is 178 Å². The van der Waals surface area contributed by atoms with Gasteiger partial charge in [0.25, 0.3) is 11.8 Å². The zero-order chi connectivity index (χ0) is 21.3. The molecule has 1 heterocycles. The van der Waals surface area contributed by atoms with Crippen LogP contribution in [0.2, 0.25) is 0 Å². The summed E-state index contributed by atoms with van der Waals surface area (Å²) in [7, 11) is 0. The monoisotopic (exact) mass is 409 g/mol. The van der Waals surface area contributed by atoms with Crippen LogP contribution < -0.4 is 10.6 Å². The predicted molar refractivity (Wildman–Crippen MR) is 119 cm³/mol. The molecule has 2 amide bonds. The molecular weight excluding hydrogens is 378 g/mol. The fourth-order valence-corrected chi connectivity index (χ4v) is 3.66. The number of benzene rings is 2. The van der Waals surface area contributed by atoms with Gasteiger partial charge in [-0.25, -0.2) is 0 Å². The molecular formula is C24H31N3O3. The molecule has 1 atom stereocenters. The van der Waals surface area contributed by atoms with Crippen molar-refractivity contribution in [1.82, 2.24) is 10.2 Å². The minimum Gasteiger partial charge on any atom is -0.379 e. The third kappa shape index (κ3) is 6.40. The van der Waals surface area contributed by atoms with Crippen LogP contribution in [0.15, 0.2) is 54.6 Å². The minimum absolute atomic E-state index is 0.0991. The van der Waals surface area contributed by atoms with Gasteiger partial charge in [-0.15, -0.1) is 0 Å². The highest BCUT2D eigenvalue weighted by atomic mass is 16.5. The largest absolute Gasteiger partial charge is 0.379 e. The van der Waals surface area contributed by atoms with E-state index in [1.54, 1.807) is 36.4 Å². The molecule has 0 saturated carbocycles. The Bertz CT molecular complexity index is 815. The number of nitrogens with one attached hydrogen (secondary N) is 2. The van der Waals surface area contributed by atoms with Crippen LogP contribution in [0, 0.1) is 5.92 Å². The van der Waals surface area contributed by atoms with Gasteiger partial charge in [0.2, 0.25) is 0 Å². The molecule has 2 N–H and O–H groups in total. The summed E-state index contributed by atoms with van der Waals surface area (Å²) in [5, 5.41) is 5.93. The molecule has 160 valence electrons. The Morgan fingerprint density at radius 1 is 0.933 bits per heavy atom. The summed E-state index contributed by atoms with van der Waals surface area (Å²) in [5.74, 6) is 0.287. The second-order valence-electron chi connectivity index (χ2n) is 8.04. The van der Waals surface area contributed by atoms with Gasteiger partial charge in [0, 0.05) is 42.5 Å². The van der Waals surface area contributed by atoms with Gasteiger partial charge in [-0.2, -0.15) is 0 Å². The highest BCUT2D eigenvalue weighted by Gasteiger charge is 2.22. The first kappa shape index (κ1) is 22.0. The average molecular weight is 410 g/mol. The molecule has 6 heteroatoms. The third-order valence-corrected chi connectivity index (χ3v) is 5.24. The van der Waals surface area contributed by atoms with E-state index >= 15 is 0 Å². The number of carbonyl (C=O) groups excluding carboxylic acids is 2. The lowest BCUT2D eigenvalue weighted by molar-refractivity contribution is 0.0124. The number of hydrogen-bond acceptors (Lipinski definition) is 4. The predicted octanol–water partition coefficient (Wildman–Crippen LogP) is 3.42. The molecule has 0 aromatic heterocycles. The van der Waals surface area contributed by atoms with Gasteiger partial charge < -0.3 is 15.4 Å². The van der Waals surface area contributed by atoms with Crippen LogP contribution >= 0.6 is 0 Å². The van der Waals surface area contributed by atoms with E-state index in [4.69, 9.17) is 4.74 Å². The maximum atomic E-state index is 12.6. The molecule has 0 radical (unpaired) electrons. The van der Waals surface area contributed by atoms with Crippen molar-refractivity contribution in [2.75, 3.05) is 38.2 Å². The van der Waals surface area contributed by atoms with E-state index in [1.807, 2.05) is 18.2 Å². The smallest absolute Gasteiger partial charge is 0.255 e. The summed E-state index contributed by atoms with van der Waals surface area (Å²) >= 11 is 0. The molecule has 30 heavy (non-hydrogen) atoms. The lowest BCUT2D eigenvalue weighted by Crippen LogP contribution is -2.49. The van der Waals surface area contributed by atoms with Crippen molar-refractivity contribution in [3.63, 3.8) is 0 Å². The third-order valence-electron chi connectivity index (χ3n) is 5.24. The Hall–Kier alpha value is -2.70. The Balaban J connectivity index is 1.54. The van der Waals surface area contributed by atoms with Gasteiger partial charge in [-0.1, -0.05) is 32.0 Å². The molecule has 3 rings (SSSR count). The van der Waals surface area contributed by atoms with E-state index in [0.717, 1.165) is 32.7 Å². The van der Waals surface area contributed by atoms with Crippen LogP contribution in [0.4, 0.5) is 5.69 Å². The van der Waals surface area contributed by atoms with Crippen molar-refractivity contribution < 1.29 is 14.3 Å². The summed E-state index contributed by atoms with van der Waals surface area (Å²) in [6, 6.07) is 16.3. The lowest BCUT2D eigenvalue weighted by atomic mass is 10.0. The normalized spacial score (nSPS) is 15.6. The molecule has 1 aliphatic heterocycles. The van der Waals surface area contributed by atoms with Crippen molar-refractivity contribution in [2.24, 2.45) is 5.92 Å². The number of amides is 2. The maximum absolute atomic E-state index is 12.6. The van der Waals surface area contributed by atoms with Gasteiger partial charge in [0.15, 0.2) is 0 Å². The number of rotatable bonds is 8. The van der Waals surface area contributed by atoms with E-state index in [0.29, 0.717) is 35.3 Å². The van der Waals surface area contributed by atoms with Crippen molar-refractivity contribution in [3.8, 4) is 0 Å². The summed E-state index contributed by atoms with van der Waals surface area (Å²) in [5.41, 5.74) is 1.84. The van der Waals surface area contributed by atoms with E-state index in [1.165, 1.54) is 0 Å². The standard InChI is InChI=1S/C24H31N3O3/c1-18(2)16-22(27-12-14-30-15-13-27)17-25-23(28)20-8-10-21(11-9-20)26-24(29)19-6-4-3-5-7-19/h3-11,18,22H,12-17H2,1-2H3,(H,25,28)(H,26,29). The molecule has 0 bridgehead atoms. The van der Waals surface area contributed by atoms with Crippen LogP contribution in [0.3, 0.4) is 0 Å². The summed E-state index contributed by atoms with van der Waals surface area (Å²) in [4.78, 5) is 27.3. The van der Waals surface area contributed by atoms with Crippen LogP contribution in [-0.4, -0.2) is 55.6 Å². The number of carbonyl (C=O) groups is 2. The van der Waals surface area contributed by atoms with Crippen molar-refractivity contribution in [2.45, 2.75) is 26.3 Å². The number of morpholine rings is 1. The zero-order valence-corrected chi connectivity index (χ0v) is 17.8. The van der Waals surface area contributed by atoms with Crippen molar-refractivity contribution in [1.29, 1.82) is 0 Å². The molecule has 0 aliphatic carbocycles. The van der Waals surface area contributed by atoms with E-state index in [2.05, 4.69) is 29.4 Å². The topological polar surface area (TPSA) is 70.7 Å². The zero-order valence-electron chi connectivity index (χ0n) is 17.8. The molecule has 1 aliphatic rings. The Kier molecular flexibility index (Phi) is 7.99. The second-order valence-corrected chi connectivity index (χ2v) is 8.04. The Morgan fingerprint density at radius 3 is 2.20 bits per heavy atom. The molecule has 0 spiro atoms. The summed E-state index contributed by atoms with van der Waals surface area (Å²) in [6.45, 7) is 8.34. The molecule has 1 saturated heterocycles. The van der Waals surface area contributed by atoms with Crippen LogP contribution in [-0.2, 0) is 4.74 Å². The Morgan fingerprint density at radius 2 is 1.57 bits per heavy atom. The second kappa shape index (κ2) is 10.9. The molecule has 1 fully saturated rings. The van der Waals surface area contributed by atoms with Gasteiger partial charge in [0.05, 0.1) is 13.2 Å². The first-order valence-corrected chi connectivity index (χ1v) is 10.6.